The molecule has 5 atom stereocenters. The van der Waals surface area contributed by atoms with Gasteiger partial charge >= 0.3 is 152 Å². The van der Waals surface area contributed by atoms with Gasteiger partial charge < -0.3 is 0 Å². The normalized spacial score (nSPS) is 34.8. The zero-order valence-electron chi connectivity index (χ0n) is 12.2. The van der Waals surface area contributed by atoms with E-state index in [1.54, 1.807) is 6.92 Å². The van der Waals surface area contributed by atoms with Gasteiger partial charge in [-0.3, -0.25) is 0 Å². The van der Waals surface area contributed by atoms with Gasteiger partial charge in [-0.1, -0.05) is 0 Å². The van der Waals surface area contributed by atoms with E-state index in [2.05, 4.69) is 3.53 Å². The van der Waals surface area contributed by atoms with Crippen molar-refractivity contribution in [3.63, 3.8) is 0 Å². The quantitative estimate of drug-likeness (QED) is 0.125. The molecule has 0 bridgehead atoms. The number of rotatable bonds is 4. The SMILES string of the molecule is CC(I)(C(=O)OC1CCCCC1C(C)(O)C(F)(F)F)C1N[I-]1. The summed E-state index contributed by atoms with van der Waals surface area (Å²) in [6, 6.07) is 0. The molecule has 2 rings (SSSR count). The van der Waals surface area contributed by atoms with E-state index in [0.29, 0.717) is 19.3 Å². The van der Waals surface area contributed by atoms with Gasteiger partial charge in [-0.15, -0.1) is 0 Å². The maximum absolute atomic E-state index is 13.1. The fraction of sp³-hybridized carbons (Fsp3) is 0.923. The van der Waals surface area contributed by atoms with Crippen LogP contribution in [0.25, 0.3) is 0 Å². The van der Waals surface area contributed by atoms with Crippen molar-refractivity contribution in [1.29, 1.82) is 0 Å². The number of halogens is 5. The van der Waals surface area contributed by atoms with E-state index in [0.717, 1.165) is 6.92 Å². The molecule has 0 aromatic heterocycles. The van der Waals surface area contributed by atoms with E-state index in [9.17, 15) is 23.1 Å². The van der Waals surface area contributed by atoms with Gasteiger partial charge in [0.05, 0.1) is 0 Å². The molecule has 2 aliphatic rings. The fourth-order valence-electron chi connectivity index (χ4n) is 2.68. The molecule has 0 spiro atoms. The topological polar surface area (TPSA) is 68.5 Å². The molecule has 1 saturated carbocycles. The van der Waals surface area contributed by atoms with Crippen molar-refractivity contribution in [2.24, 2.45) is 5.92 Å². The number of hydrogen-bond acceptors (Lipinski definition) is 4. The van der Waals surface area contributed by atoms with Crippen molar-refractivity contribution in [3.05, 3.63) is 0 Å². The number of aliphatic hydroxyl groups is 1. The van der Waals surface area contributed by atoms with Crippen LogP contribution in [0, 0.1) is 5.92 Å². The van der Waals surface area contributed by atoms with Crippen LogP contribution >= 0.6 is 22.6 Å². The van der Waals surface area contributed by atoms with Gasteiger partial charge in [-0.05, 0) is 0 Å². The van der Waals surface area contributed by atoms with E-state index >= 15 is 0 Å². The van der Waals surface area contributed by atoms with Crippen LogP contribution < -0.4 is 25.0 Å². The van der Waals surface area contributed by atoms with Gasteiger partial charge in [0.15, 0.2) is 0 Å². The molecule has 9 heteroatoms. The summed E-state index contributed by atoms with van der Waals surface area (Å²) in [5.74, 6) is -1.60. The second-order valence-corrected chi connectivity index (χ2v) is 10.9. The third kappa shape index (κ3) is 3.82. The van der Waals surface area contributed by atoms with E-state index in [4.69, 9.17) is 4.74 Å². The summed E-state index contributed by atoms with van der Waals surface area (Å²) in [6.07, 6.45) is -3.75. The summed E-state index contributed by atoms with van der Waals surface area (Å²) < 4.78 is 47.2. The summed E-state index contributed by atoms with van der Waals surface area (Å²) in [4.78, 5) is 12.3. The molecule has 1 saturated heterocycles. The molecule has 1 aliphatic carbocycles. The average Bonchev–Trinajstić information content (AvgIpc) is 3.22. The Morgan fingerprint density at radius 3 is 2.36 bits per heavy atom. The van der Waals surface area contributed by atoms with Gasteiger partial charge in [0.1, 0.15) is 0 Å². The van der Waals surface area contributed by atoms with Crippen LogP contribution in [-0.4, -0.2) is 36.4 Å². The molecule has 4 nitrogen and oxygen atoms in total. The molecule has 0 radical (unpaired) electrons. The third-order valence-corrected chi connectivity index (χ3v) is 9.10. The number of nitrogens with one attached hydrogen (secondary N) is 1. The predicted octanol–water partition coefficient (Wildman–Crippen LogP) is -0.471. The van der Waals surface area contributed by atoms with Crippen LogP contribution in [0.3, 0.4) is 0 Å². The van der Waals surface area contributed by atoms with Gasteiger partial charge in [-0.25, -0.2) is 0 Å². The number of hydrogen-bond donors (Lipinski definition) is 2. The van der Waals surface area contributed by atoms with Gasteiger partial charge in [0.25, 0.3) is 0 Å². The van der Waals surface area contributed by atoms with Gasteiger partial charge in [0, 0.05) is 0 Å². The fourth-order valence-corrected chi connectivity index (χ4v) is 5.99. The van der Waals surface area contributed by atoms with Crippen LogP contribution in [0.15, 0.2) is 0 Å². The second kappa shape index (κ2) is 6.51. The minimum atomic E-state index is -4.74. The number of alkyl halides is 5. The minimum absolute atomic E-state index is 0.101. The van der Waals surface area contributed by atoms with Crippen molar-refractivity contribution < 1.29 is 49.3 Å². The van der Waals surface area contributed by atoms with E-state index in [1.165, 1.54) is 0 Å². The zero-order valence-corrected chi connectivity index (χ0v) is 16.5. The maximum atomic E-state index is 13.1. The Labute approximate surface area is 151 Å². The number of carbonyl (C=O) groups is 1. The van der Waals surface area contributed by atoms with E-state index in [1.807, 2.05) is 22.6 Å². The van der Waals surface area contributed by atoms with Crippen LogP contribution in [0.1, 0.15) is 39.5 Å². The molecular formula is C13H19F3I2NO3-. The number of ether oxygens (including phenoxy) is 1. The molecular weight excluding hydrogens is 529 g/mol. The Bertz CT molecular complexity index is 439. The van der Waals surface area contributed by atoms with Crippen molar-refractivity contribution >= 4 is 28.6 Å². The van der Waals surface area contributed by atoms with Crippen LogP contribution in [-0.2, 0) is 9.53 Å². The molecule has 2 N–H and O–H groups in total. The summed E-state index contributed by atoms with van der Waals surface area (Å²) in [5.41, 5.74) is -2.84. The Morgan fingerprint density at radius 1 is 1.32 bits per heavy atom. The summed E-state index contributed by atoms with van der Waals surface area (Å²) >= 11 is 1.79. The Hall–Kier alpha value is 0.640. The second-order valence-electron chi connectivity index (χ2n) is 6.14. The zero-order chi connectivity index (χ0) is 16.8. The van der Waals surface area contributed by atoms with Gasteiger partial charge in [-0.2, -0.15) is 0 Å². The first-order valence-electron chi connectivity index (χ1n) is 7.05. The Kier molecular flexibility index (Phi) is 5.61. The molecule has 0 amide bonds. The van der Waals surface area contributed by atoms with Gasteiger partial charge in [0.2, 0.25) is 0 Å². The molecule has 0 aromatic carbocycles. The van der Waals surface area contributed by atoms with E-state index < -0.39 is 33.2 Å². The van der Waals surface area contributed by atoms with Crippen LogP contribution in [0.5, 0.6) is 0 Å². The molecule has 2 fully saturated rings. The average molecular weight is 548 g/mol. The van der Waals surface area contributed by atoms with E-state index in [-0.39, 0.29) is 31.9 Å². The molecule has 0 aromatic rings. The summed E-state index contributed by atoms with van der Waals surface area (Å²) in [7, 11) is 0. The standard InChI is InChI=1S/C13H19F3I2NO3/c1-11(17,9-18-19-9)10(20)22-8-6-4-3-5-7(8)12(2,21)13(14,15)16/h7-9,19,21H,3-6H2,1-2H3/q-1. The first kappa shape index (κ1) is 19.0. The monoisotopic (exact) mass is 548 g/mol. The molecule has 22 heavy (non-hydrogen) atoms. The number of carbonyl (C=O) groups excluding carboxylic acids is 1. The number of esters is 1. The van der Waals surface area contributed by atoms with Crippen molar-refractivity contribution in [3.8, 4) is 0 Å². The Morgan fingerprint density at radius 2 is 1.86 bits per heavy atom. The third-order valence-electron chi connectivity index (χ3n) is 4.35. The van der Waals surface area contributed by atoms with Crippen LogP contribution in [0.2, 0.25) is 0 Å². The molecule has 1 aliphatic heterocycles. The summed E-state index contributed by atoms with van der Waals surface area (Å²) in [6.45, 7) is 2.51. The van der Waals surface area contributed by atoms with Crippen molar-refractivity contribution in [2.75, 3.05) is 0 Å². The Balaban J connectivity index is 2.12. The molecule has 5 unspecified atom stereocenters. The van der Waals surface area contributed by atoms with Crippen LogP contribution in [0.4, 0.5) is 13.2 Å². The molecule has 1 heterocycles. The van der Waals surface area contributed by atoms with Crippen molar-refractivity contribution in [1.82, 2.24) is 3.53 Å². The van der Waals surface area contributed by atoms with Crippen molar-refractivity contribution in [2.45, 2.75) is 64.9 Å². The summed E-state index contributed by atoms with van der Waals surface area (Å²) in [5, 5.41) is 9.96. The molecule has 130 valence electrons. The first-order chi connectivity index (χ1) is 9.98. The first-order valence-corrected chi connectivity index (χ1v) is 10.4. The predicted molar refractivity (Wildman–Crippen MR) is 77.9 cm³/mol.